The highest BCUT2D eigenvalue weighted by Crippen LogP contribution is 2.39. The van der Waals surface area contributed by atoms with Crippen LogP contribution >= 0.6 is 0 Å². The van der Waals surface area contributed by atoms with Crippen LogP contribution in [0, 0.1) is 0 Å². The van der Waals surface area contributed by atoms with Crippen molar-refractivity contribution in [3.8, 4) is 61.8 Å². The SMILES string of the molecule is c1ccc(-c2ccc3c4cc(-c5ccc6c(c5)oc5cc(-c7nc(-c8ccccc8)cc(-c8ccccc8)n7)ccc56)ccc4n(-c4ccccc4)c3c2)cc1. The molecule has 4 heteroatoms. The van der Waals surface area contributed by atoms with Crippen molar-refractivity contribution in [2.45, 2.75) is 0 Å². The van der Waals surface area contributed by atoms with Crippen LogP contribution in [0.3, 0.4) is 0 Å². The molecule has 0 N–H and O–H groups in total. The fourth-order valence-corrected chi connectivity index (χ4v) is 8.05. The van der Waals surface area contributed by atoms with Gasteiger partial charge in [0.2, 0.25) is 0 Å². The second kappa shape index (κ2) is 13.1. The van der Waals surface area contributed by atoms with E-state index in [0.29, 0.717) is 5.82 Å². The Kier molecular flexibility index (Phi) is 7.46. The molecule has 0 saturated heterocycles. The summed E-state index contributed by atoms with van der Waals surface area (Å²) in [5.41, 5.74) is 14.5. The standard InChI is InChI=1S/C52H33N3O/c1-5-13-34(14-6-1)38-21-25-42-45-29-37(24-28-48(45)55(49(42)30-38)41-19-11-4-12-20-41)39-22-26-43-44-27-23-40(32-51(44)56-50(43)31-39)52-53-46(35-15-7-2-8-16-35)33-47(54-52)36-17-9-3-10-18-36/h1-33H. The van der Waals surface area contributed by atoms with Crippen molar-refractivity contribution in [3.63, 3.8) is 0 Å². The van der Waals surface area contributed by atoms with Crippen molar-refractivity contribution in [1.29, 1.82) is 0 Å². The van der Waals surface area contributed by atoms with Gasteiger partial charge in [-0.1, -0.05) is 140 Å². The van der Waals surface area contributed by atoms with Gasteiger partial charge in [0.05, 0.1) is 22.4 Å². The molecule has 4 nitrogen and oxygen atoms in total. The summed E-state index contributed by atoms with van der Waals surface area (Å²) in [6.07, 6.45) is 0. The molecular weight excluding hydrogens is 683 g/mol. The Morgan fingerprint density at radius 1 is 0.321 bits per heavy atom. The van der Waals surface area contributed by atoms with E-state index in [-0.39, 0.29) is 0 Å². The van der Waals surface area contributed by atoms with Crippen LogP contribution in [0.5, 0.6) is 0 Å². The molecule has 0 amide bonds. The Morgan fingerprint density at radius 2 is 0.804 bits per heavy atom. The van der Waals surface area contributed by atoms with Gasteiger partial charge in [0, 0.05) is 43.9 Å². The molecule has 8 aromatic carbocycles. The lowest BCUT2D eigenvalue weighted by atomic mass is 10.00. The van der Waals surface area contributed by atoms with Gasteiger partial charge >= 0.3 is 0 Å². The van der Waals surface area contributed by atoms with Gasteiger partial charge < -0.3 is 8.98 Å². The Hall–Kier alpha value is -7.56. The van der Waals surface area contributed by atoms with E-state index in [2.05, 4.69) is 168 Å². The highest BCUT2D eigenvalue weighted by atomic mass is 16.3. The third-order valence-corrected chi connectivity index (χ3v) is 10.8. The molecule has 0 fully saturated rings. The van der Waals surface area contributed by atoms with Crippen molar-refractivity contribution >= 4 is 43.7 Å². The number of hydrogen-bond acceptors (Lipinski definition) is 3. The Morgan fingerprint density at radius 3 is 1.43 bits per heavy atom. The number of rotatable bonds is 6. The van der Waals surface area contributed by atoms with Gasteiger partial charge in [0.25, 0.3) is 0 Å². The van der Waals surface area contributed by atoms with Crippen molar-refractivity contribution in [2.24, 2.45) is 0 Å². The number of para-hydroxylation sites is 1. The van der Waals surface area contributed by atoms with Crippen LogP contribution in [0.2, 0.25) is 0 Å². The summed E-state index contributed by atoms with van der Waals surface area (Å²) in [4.78, 5) is 10.1. The molecule has 0 unspecified atom stereocenters. The molecule has 0 aliphatic heterocycles. The number of benzene rings is 8. The highest BCUT2D eigenvalue weighted by Gasteiger charge is 2.17. The van der Waals surface area contributed by atoms with Crippen LogP contribution in [0.15, 0.2) is 205 Å². The molecule has 3 heterocycles. The largest absolute Gasteiger partial charge is 0.456 e. The molecule has 0 atom stereocenters. The normalized spacial score (nSPS) is 11.6. The zero-order chi connectivity index (χ0) is 37.0. The monoisotopic (exact) mass is 715 g/mol. The summed E-state index contributed by atoms with van der Waals surface area (Å²) >= 11 is 0. The van der Waals surface area contributed by atoms with Gasteiger partial charge in [0.1, 0.15) is 11.2 Å². The fourth-order valence-electron chi connectivity index (χ4n) is 8.05. The van der Waals surface area contributed by atoms with E-state index < -0.39 is 0 Å². The van der Waals surface area contributed by atoms with Crippen LogP contribution in [0.1, 0.15) is 0 Å². The molecule has 0 spiro atoms. The van der Waals surface area contributed by atoms with Gasteiger partial charge in [-0.15, -0.1) is 0 Å². The van der Waals surface area contributed by atoms with Gasteiger partial charge in [-0.25, -0.2) is 9.97 Å². The molecule has 11 rings (SSSR count). The minimum absolute atomic E-state index is 0.659. The van der Waals surface area contributed by atoms with Crippen molar-refractivity contribution in [2.75, 3.05) is 0 Å². The van der Waals surface area contributed by atoms with Crippen LogP contribution in [0.4, 0.5) is 0 Å². The number of fused-ring (bicyclic) bond motifs is 6. The van der Waals surface area contributed by atoms with E-state index in [4.69, 9.17) is 14.4 Å². The average Bonchev–Trinajstić information content (AvgIpc) is 3.81. The summed E-state index contributed by atoms with van der Waals surface area (Å²) in [5, 5.41) is 4.57. The maximum Gasteiger partial charge on any atom is 0.160 e. The lowest BCUT2D eigenvalue weighted by Crippen LogP contribution is -1.95. The van der Waals surface area contributed by atoms with Crippen LogP contribution < -0.4 is 0 Å². The Balaban J connectivity index is 1.01. The molecule has 3 aromatic heterocycles. The van der Waals surface area contributed by atoms with Crippen LogP contribution in [-0.2, 0) is 0 Å². The third kappa shape index (κ3) is 5.47. The minimum Gasteiger partial charge on any atom is -0.456 e. The molecule has 11 aromatic rings. The van der Waals surface area contributed by atoms with Gasteiger partial charge in [-0.05, 0) is 82.9 Å². The molecule has 0 aliphatic rings. The highest BCUT2D eigenvalue weighted by molar-refractivity contribution is 6.12. The smallest absolute Gasteiger partial charge is 0.160 e. The van der Waals surface area contributed by atoms with Gasteiger partial charge in [-0.2, -0.15) is 0 Å². The molecular formula is C52H33N3O. The van der Waals surface area contributed by atoms with E-state index in [1.165, 1.54) is 32.9 Å². The van der Waals surface area contributed by atoms with Crippen molar-refractivity contribution < 1.29 is 4.42 Å². The molecule has 0 saturated carbocycles. The van der Waals surface area contributed by atoms with E-state index >= 15 is 0 Å². The first kappa shape index (κ1) is 31.9. The number of aromatic nitrogens is 3. The zero-order valence-electron chi connectivity index (χ0n) is 30.3. The lowest BCUT2D eigenvalue weighted by Gasteiger charge is -2.09. The topological polar surface area (TPSA) is 43.9 Å². The maximum absolute atomic E-state index is 6.62. The maximum atomic E-state index is 6.62. The number of nitrogens with zero attached hydrogens (tertiary/aromatic N) is 3. The first-order valence-electron chi connectivity index (χ1n) is 18.9. The molecule has 56 heavy (non-hydrogen) atoms. The molecule has 0 radical (unpaired) electrons. The summed E-state index contributed by atoms with van der Waals surface area (Å²) in [5.74, 6) is 0.659. The summed E-state index contributed by atoms with van der Waals surface area (Å²) < 4.78 is 9.00. The number of hydrogen-bond donors (Lipinski definition) is 0. The second-order valence-electron chi connectivity index (χ2n) is 14.2. The first-order chi connectivity index (χ1) is 27.7. The fraction of sp³-hybridized carbons (Fsp3) is 0. The van der Waals surface area contributed by atoms with Crippen molar-refractivity contribution in [1.82, 2.24) is 14.5 Å². The van der Waals surface area contributed by atoms with Gasteiger partial charge in [0.15, 0.2) is 5.82 Å². The van der Waals surface area contributed by atoms with Crippen LogP contribution in [0.25, 0.3) is 106 Å². The second-order valence-corrected chi connectivity index (χ2v) is 14.2. The predicted molar refractivity (Wildman–Crippen MR) is 231 cm³/mol. The number of furan rings is 1. The first-order valence-corrected chi connectivity index (χ1v) is 18.9. The van der Waals surface area contributed by atoms with Crippen molar-refractivity contribution in [3.05, 3.63) is 200 Å². The summed E-state index contributed by atoms with van der Waals surface area (Å²) in [6, 6.07) is 70.3. The lowest BCUT2D eigenvalue weighted by molar-refractivity contribution is 0.669. The molecule has 0 aliphatic carbocycles. The molecule has 0 bridgehead atoms. The molecule has 262 valence electrons. The van der Waals surface area contributed by atoms with E-state index in [1.807, 2.05) is 36.4 Å². The quantitative estimate of drug-likeness (QED) is 0.172. The van der Waals surface area contributed by atoms with E-state index in [0.717, 1.165) is 66.8 Å². The third-order valence-electron chi connectivity index (χ3n) is 10.8. The summed E-state index contributed by atoms with van der Waals surface area (Å²) in [6.45, 7) is 0. The average molecular weight is 716 g/mol. The Labute approximate surface area is 323 Å². The van der Waals surface area contributed by atoms with E-state index in [1.54, 1.807) is 0 Å². The van der Waals surface area contributed by atoms with E-state index in [9.17, 15) is 0 Å². The van der Waals surface area contributed by atoms with Gasteiger partial charge in [-0.3, -0.25) is 0 Å². The zero-order valence-corrected chi connectivity index (χ0v) is 30.3. The summed E-state index contributed by atoms with van der Waals surface area (Å²) in [7, 11) is 0. The Bertz CT molecular complexity index is 3160. The minimum atomic E-state index is 0.659. The predicted octanol–water partition coefficient (Wildman–Crippen LogP) is 13.8. The van der Waals surface area contributed by atoms with Crippen LogP contribution in [-0.4, -0.2) is 14.5 Å².